The first kappa shape index (κ1) is 14.7. The van der Waals surface area contributed by atoms with Gasteiger partial charge in [-0.1, -0.05) is 0 Å². The van der Waals surface area contributed by atoms with E-state index in [-0.39, 0.29) is 11.9 Å². The Morgan fingerprint density at radius 2 is 2.20 bits per heavy atom. The normalized spacial score (nSPS) is 18.1. The van der Waals surface area contributed by atoms with E-state index in [2.05, 4.69) is 5.32 Å². The van der Waals surface area contributed by atoms with E-state index >= 15 is 0 Å². The molecule has 20 heavy (non-hydrogen) atoms. The molecule has 0 aliphatic carbocycles. The maximum absolute atomic E-state index is 12.2. The summed E-state index contributed by atoms with van der Waals surface area (Å²) in [4.78, 5) is 14.1. The molecule has 1 N–H and O–H groups in total. The fourth-order valence-corrected chi connectivity index (χ4v) is 2.74. The van der Waals surface area contributed by atoms with E-state index in [1.54, 1.807) is 21.3 Å². The number of carbonyl (C=O) groups is 1. The van der Waals surface area contributed by atoms with E-state index in [1.165, 1.54) is 0 Å². The van der Waals surface area contributed by atoms with Gasteiger partial charge in [0, 0.05) is 12.1 Å². The van der Waals surface area contributed by atoms with Crippen molar-refractivity contribution in [2.45, 2.75) is 18.9 Å². The molecule has 5 heteroatoms. The monoisotopic (exact) mass is 278 g/mol. The zero-order valence-electron chi connectivity index (χ0n) is 12.3. The Kier molecular flexibility index (Phi) is 4.84. The van der Waals surface area contributed by atoms with E-state index in [9.17, 15) is 4.79 Å². The highest BCUT2D eigenvalue weighted by molar-refractivity contribution is 5.79. The quantitative estimate of drug-likeness (QED) is 0.888. The minimum atomic E-state index is 0.0703. The van der Waals surface area contributed by atoms with Gasteiger partial charge in [0.25, 0.3) is 0 Å². The molecule has 0 spiro atoms. The van der Waals surface area contributed by atoms with Gasteiger partial charge in [-0.05, 0) is 38.1 Å². The third-order valence-corrected chi connectivity index (χ3v) is 3.70. The lowest BCUT2D eigenvalue weighted by Crippen LogP contribution is -2.36. The zero-order chi connectivity index (χ0) is 14.5. The van der Waals surface area contributed by atoms with Crippen molar-refractivity contribution in [2.75, 3.05) is 34.4 Å². The number of amides is 1. The number of nitrogens with zero attached hydrogens (tertiary/aromatic N) is 1. The molecular formula is C15H22N2O3. The molecule has 1 saturated heterocycles. The van der Waals surface area contributed by atoms with Gasteiger partial charge in [-0.2, -0.15) is 0 Å². The second-order valence-corrected chi connectivity index (χ2v) is 4.88. The topological polar surface area (TPSA) is 50.8 Å². The third-order valence-electron chi connectivity index (χ3n) is 3.70. The molecule has 1 aliphatic rings. The van der Waals surface area contributed by atoms with Gasteiger partial charge in [0.05, 0.1) is 26.8 Å². The molecule has 1 fully saturated rings. The lowest BCUT2D eigenvalue weighted by molar-refractivity contribution is -0.131. The summed E-state index contributed by atoms with van der Waals surface area (Å²) in [7, 11) is 5.08. The molecule has 0 bridgehead atoms. The number of carbonyl (C=O) groups excluding carboxylic acids is 1. The Labute approximate surface area is 119 Å². The minimum absolute atomic E-state index is 0.0703. The number of rotatable bonds is 5. The first-order chi connectivity index (χ1) is 9.71. The van der Waals surface area contributed by atoms with Crippen LogP contribution < -0.4 is 14.8 Å². The molecule has 110 valence electrons. The van der Waals surface area contributed by atoms with Crippen molar-refractivity contribution in [3.05, 3.63) is 23.8 Å². The van der Waals surface area contributed by atoms with Crippen LogP contribution in [0.1, 0.15) is 24.4 Å². The fourth-order valence-electron chi connectivity index (χ4n) is 2.74. The van der Waals surface area contributed by atoms with Crippen LogP contribution in [0.15, 0.2) is 18.2 Å². The zero-order valence-corrected chi connectivity index (χ0v) is 12.3. The predicted octanol–water partition coefficient (Wildman–Crippen LogP) is 1.59. The first-order valence-corrected chi connectivity index (χ1v) is 6.87. The number of likely N-dealkylation sites (N-methyl/N-ethyl adjacent to an activating group) is 1. The van der Waals surface area contributed by atoms with Gasteiger partial charge in [0.15, 0.2) is 0 Å². The van der Waals surface area contributed by atoms with Crippen LogP contribution in [-0.2, 0) is 4.79 Å². The Morgan fingerprint density at radius 3 is 2.85 bits per heavy atom. The summed E-state index contributed by atoms with van der Waals surface area (Å²) in [6, 6.07) is 5.81. The van der Waals surface area contributed by atoms with E-state index < -0.39 is 0 Å². The molecule has 0 radical (unpaired) electrons. The van der Waals surface area contributed by atoms with Crippen LogP contribution in [0.25, 0.3) is 0 Å². The molecule has 1 aromatic carbocycles. The van der Waals surface area contributed by atoms with Crippen molar-refractivity contribution >= 4 is 5.91 Å². The number of hydrogen-bond acceptors (Lipinski definition) is 4. The summed E-state index contributed by atoms with van der Waals surface area (Å²) in [6.07, 6.45) is 1.97. The molecule has 1 atom stereocenters. The highest BCUT2D eigenvalue weighted by Gasteiger charge is 2.31. The lowest BCUT2D eigenvalue weighted by Gasteiger charge is -2.26. The molecule has 1 unspecified atom stereocenters. The summed E-state index contributed by atoms with van der Waals surface area (Å²) in [6.45, 7) is 1.16. The molecule has 0 saturated carbocycles. The first-order valence-electron chi connectivity index (χ1n) is 6.87. The molecular weight excluding hydrogens is 256 g/mol. The van der Waals surface area contributed by atoms with Gasteiger partial charge in [-0.25, -0.2) is 0 Å². The summed E-state index contributed by atoms with van der Waals surface area (Å²) in [5.74, 6) is 1.72. The minimum Gasteiger partial charge on any atom is -0.497 e. The second-order valence-electron chi connectivity index (χ2n) is 4.88. The average Bonchev–Trinajstić information content (AvgIpc) is 2.96. The number of ether oxygens (including phenoxy) is 2. The SMILES string of the molecule is CNCC(=O)N1CCCC1c1cc(OC)ccc1OC. The lowest BCUT2D eigenvalue weighted by atomic mass is 10.0. The Balaban J connectivity index is 2.31. The highest BCUT2D eigenvalue weighted by atomic mass is 16.5. The Hall–Kier alpha value is -1.75. The van der Waals surface area contributed by atoms with Crippen LogP contribution in [-0.4, -0.2) is 45.2 Å². The summed E-state index contributed by atoms with van der Waals surface area (Å²) >= 11 is 0. The van der Waals surface area contributed by atoms with Crippen molar-refractivity contribution in [1.82, 2.24) is 10.2 Å². The fraction of sp³-hybridized carbons (Fsp3) is 0.533. The van der Waals surface area contributed by atoms with Gasteiger partial charge >= 0.3 is 0 Å². The number of likely N-dealkylation sites (tertiary alicyclic amines) is 1. The predicted molar refractivity (Wildman–Crippen MR) is 77.2 cm³/mol. The maximum atomic E-state index is 12.2. The van der Waals surface area contributed by atoms with Gasteiger partial charge in [-0.3, -0.25) is 4.79 Å². The van der Waals surface area contributed by atoms with Crippen molar-refractivity contribution < 1.29 is 14.3 Å². The maximum Gasteiger partial charge on any atom is 0.237 e. The van der Waals surface area contributed by atoms with Crippen LogP contribution in [0.3, 0.4) is 0 Å². The molecule has 1 heterocycles. The highest BCUT2D eigenvalue weighted by Crippen LogP contribution is 2.38. The molecule has 1 amide bonds. The molecule has 2 rings (SSSR count). The standard InChI is InChI=1S/C15H22N2O3/c1-16-10-15(18)17-8-4-5-13(17)12-9-11(19-2)6-7-14(12)20-3/h6-7,9,13,16H,4-5,8,10H2,1-3H3. The van der Waals surface area contributed by atoms with Crippen molar-refractivity contribution in [2.24, 2.45) is 0 Å². The van der Waals surface area contributed by atoms with Crippen LogP contribution in [0.4, 0.5) is 0 Å². The Morgan fingerprint density at radius 1 is 1.40 bits per heavy atom. The summed E-state index contributed by atoms with van der Waals surface area (Å²) < 4.78 is 10.7. The molecule has 1 aliphatic heterocycles. The van der Waals surface area contributed by atoms with Crippen molar-refractivity contribution in [1.29, 1.82) is 0 Å². The summed E-state index contributed by atoms with van der Waals surface area (Å²) in [5, 5.41) is 2.92. The number of hydrogen-bond donors (Lipinski definition) is 1. The summed E-state index contributed by atoms with van der Waals surface area (Å²) in [5.41, 5.74) is 1.02. The van der Waals surface area contributed by atoms with Crippen LogP contribution in [0, 0.1) is 0 Å². The van der Waals surface area contributed by atoms with Gasteiger partial charge < -0.3 is 19.7 Å². The van der Waals surface area contributed by atoms with Crippen LogP contribution in [0.5, 0.6) is 11.5 Å². The number of methoxy groups -OCH3 is 2. The number of benzene rings is 1. The Bertz CT molecular complexity index is 476. The molecule has 5 nitrogen and oxygen atoms in total. The van der Waals surface area contributed by atoms with Gasteiger partial charge in [-0.15, -0.1) is 0 Å². The van der Waals surface area contributed by atoms with E-state index in [4.69, 9.17) is 9.47 Å². The van der Waals surface area contributed by atoms with Crippen molar-refractivity contribution in [3.8, 4) is 11.5 Å². The van der Waals surface area contributed by atoms with E-state index in [0.717, 1.165) is 36.4 Å². The number of nitrogens with one attached hydrogen (secondary N) is 1. The van der Waals surface area contributed by atoms with Crippen LogP contribution in [0.2, 0.25) is 0 Å². The average molecular weight is 278 g/mol. The van der Waals surface area contributed by atoms with E-state index in [0.29, 0.717) is 6.54 Å². The third kappa shape index (κ3) is 2.88. The molecule has 0 aromatic heterocycles. The van der Waals surface area contributed by atoms with E-state index in [1.807, 2.05) is 23.1 Å². The van der Waals surface area contributed by atoms with Crippen molar-refractivity contribution in [3.63, 3.8) is 0 Å². The smallest absolute Gasteiger partial charge is 0.237 e. The molecule has 1 aromatic rings. The van der Waals surface area contributed by atoms with Gasteiger partial charge in [0.2, 0.25) is 5.91 Å². The van der Waals surface area contributed by atoms with Crippen LogP contribution >= 0.6 is 0 Å². The second kappa shape index (κ2) is 6.61. The largest absolute Gasteiger partial charge is 0.497 e. The van der Waals surface area contributed by atoms with Gasteiger partial charge in [0.1, 0.15) is 11.5 Å².